The molecule has 3 aromatic carbocycles. The van der Waals surface area contributed by atoms with E-state index in [9.17, 15) is 35.6 Å². The van der Waals surface area contributed by atoms with Gasteiger partial charge < -0.3 is 19.5 Å². The van der Waals surface area contributed by atoms with E-state index in [-0.39, 0.29) is 62.7 Å². The average molecular weight is 804 g/mol. The number of methoxy groups -OCH3 is 2. The molecule has 0 atom stereocenters. The second-order valence-electron chi connectivity index (χ2n) is 11.1. The molecule has 0 bridgehead atoms. The molecule has 54 heavy (non-hydrogen) atoms. The number of carbonyl (C=O) groups excluding carboxylic acids is 3. The molecular weight excluding hydrogens is 773 g/mol. The van der Waals surface area contributed by atoms with E-state index in [1.807, 2.05) is 4.72 Å². The number of rotatable bonds is 12. The number of hydrogen-bond donors (Lipinski definition) is 3. The molecule has 1 aliphatic rings. The number of aromatic nitrogens is 4. The lowest BCUT2D eigenvalue weighted by Crippen LogP contribution is -2.31. The number of sulfonamides is 2. The smallest absolute Gasteiger partial charge is 0.340 e. The van der Waals surface area contributed by atoms with Gasteiger partial charge in [0.2, 0.25) is 5.95 Å². The lowest BCUT2D eigenvalue weighted by atomic mass is 10.2. The van der Waals surface area contributed by atoms with Crippen molar-refractivity contribution in [2.45, 2.75) is 35.9 Å². The molecule has 0 aliphatic heterocycles. The van der Waals surface area contributed by atoms with Crippen molar-refractivity contribution in [1.82, 2.24) is 29.6 Å². The van der Waals surface area contributed by atoms with Gasteiger partial charge in [-0.2, -0.15) is 27.3 Å². The highest BCUT2D eigenvalue weighted by Crippen LogP contribution is 2.29. The summed E-state index contributed by atoms with van der Waals surface area (Å²) in [5.74, 6) is -2.48. The van der Waals surface area contributed by atoms with E-state index in [2.05, 4.69) is 29.8 Å². The van der Waals surface area contributed by atoms with Gasteiger partial charge in [0.05, 0.1) is 47.6 Å². The van der Waals surface area contributed by atoms with Gasteiger partial charge >= 0.3 is 12.0 Å². The number of nitrogens with zero attached hydrogens (tertiary/aromatic N) is 4. The van der Waals surface area contributed by atoms with Gasteiger partial charge in [-0.15, -0.1) is 5.10 Å². The number of benzene rings is 3. The summed E-state index contributed by atoms with van der Waals surface area (Å²) in [4.78, 5) is 43.3. The first-order valence-electron chi connectivity index (χ1n) is 15.7. The van der Waals surface area contributed by atoms with Crippen LogP contribution in [0.4, 0.5) is 10.1 Å². The van der Waals surface area contributed by atoms with E-state index in [1.54, 1.807) is 25.1 Å². The van der Waals surface area contributed by atoms with Crippen molar-refractivity contribution in [2.24, 2.45) is 0 Å². The molecule has 0 spiro atoms. The fourth-order valence-electron chi connectivity index (χ4n) is 4.59. The third-order valence-corrected chi connectivity index (χ3v) is 10.1. The van der Waals surface area contributed by atoms with Gasteiger partial charge in [0.1, 0.15) is 5.75 Å². The van der Waals surface area contributed by atoms with Crippen LogP contribution in [0.2, 0.25) is 5.02 Å². The minimum Gasteiger partial charge on any atom is -0.496 e. The Bertz CT molecular complexity index is 2440. The van der Waals surface area contributed by atoms with Gasteiger partial charge in [-0.25, -0.2) is 17.9 Å². The Morgan fingerprint density at radius 2 is 1.59 bits per heavy atom. The second kappa shape index (κ2) is 16.4. The first kappa shape index (κ1) is 39.3. The SMILES string of the molecule is CCOc1nc(F)cc2nc(S(=O)(=O)Nc3c(Cl)cccc3C(=O)OC)nn12.COc1ccccc1C(=O)NS(=O)(=O)c1ccc(C(=O)NC2CC2)cc1. The number of hydrogen-bond acceptors (Lipinski definition) is 13. The van der Waals surface area contributed by atoms with E-state index in [0.29, 0.717) is 5.56 Å². The van der Waals surface area contributed by atoms with Gasteiger partial charge in [-0.3, -0.25) is 14.3 Å². The molecule has 6 rings (SSSR count). The molecule has 17 nitrogen and oxygen atoms in total. The van der Waals surface area contributed by atoms with E-state index in [1.165, 1.54) is 55.6 Å². The Morgan fingerprint density at radius 1 is 0.907 bits per heavy atom. The van der Waals surface area contributed by atoms with Crippen molar-refractivity contribution in [1.29, 1.82) is 0 Å². The minimum atomic E-state index is -4.40. The largest absolute Gasteiger partial charge is 0.496 e. The Balaban J connectivity index is 0.000000208. The van der Waals surface area contributed by atoms with Crippen LogP contribution >= 0.6 is 11.6 Å². The third-order valence-electron chi connectivity index (χ3n) is 7.33. The van der Waals surface area contributed by atoms with Gasteiger partial charge in [-0.05, 0) is 68.3 Å². The molecule has 0 saturated heterocycles. The minimum absolute atomic E-state index is 0.0436. The van der Waals surface area contributed by atoms with Crippen molar-refractivity contribution < 1.29 is 49.8 Å². The predicted molar refractivity (Wildman–Crippen MR) is 190 cm³/mol. The third kappa shape index (κ3) is 9.19. The zero-order chi connectivity index (χ0) is 39.2. The Kier molecular flexibility index (Phi) is 12.0. The number of nitrogens with one attached hydrogen (secondary N) is 3. The van der Waals surface area contributed by atoms with Crippen molar-refractivity contribution in [2.75, 3.05) is 25.5 Å². The Hall–Kier alpha value is -5.86. The van der Waals surface area contributed by atoms with E-state index >= 15 is 0 Å². The highest BCUT2D eigenvalue weighted by atomic mass is 35.5. The normalized spacial score (nSPS) is 12.5. The molecule has 0 radical (unpaired) electrons. The van der Waals surface area contributed by atoms with Crippen molar-refractivity contribution >= 4 is 60.8 Å². The maximum Gasteiger partial charge on any atom is 0.340 e. The van der Waals surface area contributed by atoms with Crippen LogP contribution < -0.4 is 24.2 Å². The summed E-state index contributed by atoms with van der Waals surface area (Å²) in [6, 6.07) is 16.7. The molecule has 2 heterocycles. The van der Waals surface area contributed by atoms with Crippen LogP contribution in [0.1, 0.15) is 50.8 Å². The van der Waals surface area contributed by atoms with Crippen LogP contribution in [0, 0.1) is 5.95 Å². The summed E-state index contributed by atoms with van der Waals surface area (Å²) in [5.41, 5.74) is 0.0313. The highest BCUT2D eigenvalue weighted by Gasteiger charge is 2.27. The second-order valence-corrected chi connectivity index (χ2v) is 14.8. The standard InChI is InChI=1S/C18H18N2O5S.C15H13ClFN5O5S/c1-25-16-5-3-2-4-15(16)18(22)20-26(23,24)14-10-6-12(7-11-14)17(21)19-13-8-9-13;1-3-27-15-18-10(17)7-11-19-14(20-22(11)15)28(24,25)21-12-8(13(23)26-2)5-4-6-9(12)16/h2-7,10-11,13H,8-9H2,1H3,(H,19,21)(H,20,22);4-7,21H,3H2,1-2H3. The quantitative estimate of drug-likeness (QED) is 0.121. The highest BCUT2D eigenvalue weighted by molar-refractivity contribution is 7.92. The summed E-state index contributed by atoms with van der Waals surface area (Å²) in [7, 11) is -5.93. The lowest BCUT2D eigenvalue weighted by molar-refractivity contribution is 0.0601. The molecule has 3 N–H and O–H groups in total. The molecule has 1 fully saturated rings. The molecule has 1 aliphatic carbocycles. The zero-order valence-electron chi connectivity index (χ0n) is 28.6. The van der Waals surface area contributed by atoms with Crippen LogP contribution in [-0.2, 0) is 24.8 Å². The van der Waals surface area contributed by atoms with Crippen LogP contribution in [-0.4, -0.2) is 81.1 Å². The Labute approximate surface area is 312 Å². The number of ether oxygens (including phenoxy) is 3. The fraction of sp³-hybridized carbons (Fsp3) is 0.212. The van der Waals surface area contributed by atoms with Crippen molar-refractivity contribution in [3.63, 3.8) is 0 Å². The topological polar surface area (TPSA) is 226 Å². The fourth-order valence-corrected chi connectivity index (χ4v) is 6.82. The van der Waals surface area contributed by atoms with Crippen molar-refractivity contribution in [3.8, 4) is 11.8 Å². The first-order valence-corrected chi connectivity index (χ1v) is 19.1. The monoisotopic (exact) mass is 803 g/mol. The zero-order valence-corrected chi connectivity index (χ0v) is 31.0. The van der Waals surface area contributed by atoms with E-state index in [0.717, 1.165) is 30.5 Å². The summed E-state index contributed by atoms with van der Waals surface area (Å²) < 4.78 is 83.8. The van der Waals surface area contributed by atoms with Gasteiger partial charge in [0, 0.05) is 17.7 Å². The number of anilines is 1. The van der Waals surface area contributed by atoms with Gasteiger partial charge in [0.25, 0.3) is 37.0 Å². The molecule has 1 saturated carbocycles. The lowest BCUT2D eigenvalue weighted by Gasteiger charge is -2.11. The number of para-hydroxylation sites is 2. The summed E-state index contributed by atoms with van der Waals surface area (Å²) >= 11 is 6.03. The molecule has 21 heteroatoms. The molecule has 2 amide bonds. The van der Waals surface area contributed by atoms with E-state index in [4.69, 9.17) is 21.1 Å². The summed E-state index contributed by atoms with van der Waals surface area (Å²) in [6.07, 6.45) is 1.93. The molecular formula is C33H31ClFN7O10S2. The number of amides is 2. The van der Waals surface area contributed by atoms with Crippen LogP contribution in [0.25, 0.3) is 5.65 Å². The summed E-state index contributed by atoms with van der Waals surface area (Å²) in [5, 5.41) is 5.89. The number of halogens is 2. The van der Waals surface area contributed by atoms with Crippen LogP contribution in [0.3, 0.4) is 0 Å². The van der Waals surface area contributed by atoms with E-state index < -0.39 is 43.0 Å². The van der Waals surface area contributed by atoms with Crippen LogP contribution in [0.5, 0.6) is 11.8 Å². The Morgan fingerprint density at radius 3 is 2.24 bits per heavy atom. The number of fused-ring (bicyclic) bond motifs is 1. The number of carbonyl (C=O) groups is 3. The summed E-state index contributed by atoms with van der Waals surface area (Å²) in [6.45, 7) is 1.79. The van der Waals surface area contributed by atoms with Gasteiger partial charge in [-0.1, -0.05) is 29.8 Å². The molecule has 284 valence electrons. The predicted octanol–water partition coefficient (Wildman–Crippen LogP) is 3.61. The van der Waals surface area contributed by atoms with Crippen molar-refractivity contribution in [3.05, 3.63) is 100 Å². The molecule has 5 aromatic rings. The maximum absolute atomic E-state index is 13.6. The molecule has 0 unspecified atom stereocenters. The van der Waals surface area contributed by atoms with Gasteiger partial charge in [0.15, 0.2) is 5.65 Å². The molecule has 2 aromatic heterocycles. The number of esters is 1. The maximum atomic E-state index is 13.6. The first-order chi connectivity index (χ1) is 25.7. The van der Waals surface area contributed by atoms with Crippen LogP contribution in [0.15, 0.2) is 82.8 Å². The average Bonchev–Trinajstić information content (AvgIpc) is 3.85.